The van der Waals surface area contributed by atoms with Crippen LogP contribution in [0.1, 0.15) is 46.0 Å². The summed E-state index contributed by atoms with van der Waals surface area (Å²) < 4.78 is 11.0. The van der Waals surface area contributed by atoms with Crippen LogP contribution in [0.4, 0.5) is 5.69 Å². The highest BCUT2D eigenvalue weighted by molar-refractivity contribution is 6.06. The van der Waals surface area contributed by atoms with Crippen LogP contribution in [0.2, 0.25) is 0 Å². The number of pyridine rings is 1. The van der Waals surface area contributed by atoms with E-state index < -0.39 is 0 Å². The molecule has 8 nitrogen and oxygen atoms in total. The number of amides is 2. The SMILES string of the molecule is CCOc1cc(C2=NN(C(=O)c3cccc(NC(=O)c4ccncc4)c3)CCC2)ccc1OC. The number of rotatable bonds is 7. The Morgan fingerprint density at radius 3 is 2.62 bits per heavy atom. The zero-order valence-electron chi connectivity index (χ0n) is 19.2. The third kappa shape index (κ3) is 5.23. The van der Waals surface area contributed by atoms with Gasteiger partial charge in [-0.05, 0) is 68.3 Å². The molecule has 1 aromatic heterocycles. The number of aromatic nitrogens is 1. The zero-order chi connectivity index (χ0) is 23.9. The van der Waals surface area contributed by atoms with E-state index in [0.29, 0.717) is 41.5 Å². The summed E-state index contributed by atoms with van der Waals surface area (Å²) in [4.78, 5) is 29.6. The molecule has 0 saturated heterocycles. The molecule has 0 saturated carbocycles. The topological polar surface area (TPSA) is 93.1 Å². The highest BCUT2D eigenvalue weighted by Gasteiger charge is 2.22. The minimum Gasteiger partial charge on any atom is -0.493 e. The maximum atomic E-state index is 13.2. The van der Waals surface area contributed by atoms with Gasteiger partial charge in [0.25, 0.3) is 11.8 Å². The van der Waals surface area contributed by atoms with Crippen LogP contribution in [-0.2, 0) is 0 Å². The van der Waals surface area contributed by atoms with Crippen LogP contribution in [0.3, 0.4) is 0 Å². The molecular weight excluding hydrogens is 432 g/mol. The van der Waals surface area contributed by atoms with E-state index in [-0.39, 0.29) is 11.8 Å². The summed E-state index contributed by atoms with van der Waals surface area (Å²) in [6.45, 7) is 2.95. The first-order valence-electron chi connectivity index (χ1n) is 11.1. The highest BCUT2D eigenvalue weighted by atomic mass is 16.5. The van der Waals surface area contributed by atoms with Gasteiger partial charge in [-0.25, -0.2) is 5.01 Å². The molecule has 2 aromatic carbocycles. The van der Waals surface area contributed by atoms with Crippen molar-refractivity contribution in [2.75, 3.05) is 25.6 Å². The quantitative estimate of drug-likeness (QED) is 0.567. The number of carbonyl (C=O) groups is 2. The van der Waals surface area contributed by atoms with Crippen molar-refractivity contribution in [1.82, 2.24) is 9.99 Å². The van der Waals surface area contributed by atoms with Crippen molar-refractivity contribution < 1.29 is 19.1 Å². The van der Waals surface area contributed by atoms with Crippen molar-refractivity contribution in [3.63, 3.8) is 0 Å². The highest BCUT2D eigenvalue weighted by Crippen LogP contribution is 2.29. The molecule has 2 amide bonds. The third-order valence-corrected chi connectivity index (χ3v) is 5.37. The Hall–Kier alpha value is -4.20. The number of hydrazone groups is 1. The van der Waals surface area contributed by atoms with Crippen molar-refractivity contribution in [2.45, 2.75) is 19.8 Å². The fourth-order valence-electron chi connectivity index (χ4n) is 3.70. The second-order valence-corrected chi connectivity index (χ2v) is 7.65. The summed E-state index contributed by atoms with van der Waals surface area (Å²) >= 11 is 0. The first-order valence-corrected chi connectivity index (χ1v) is 11.1. The fraction of sp³-hybridized carbons (Fsp3) is 0.231. The van der Waals surface area contributed by atoms with Crippen molar-refractivity contribution >= 4 is 23.2 Å². The van der Waals surface area contributed by atoms with Crippen molar-refractivity contribution in [1.29, 1.82) is 0 Å². The number of ether oxygens (including phenoxy) is 2. The van der Waals surface area contributed by atoms with Gasteiger partial charge in [-0.1, -0.05) is 6.07 Å². The number of methoxy groups -OCH3 is 1. The lowest BCUT2D eigenvalue weighted by molar-refractivity contribution is 0.0751. The second-order valence-electron chi connectivity index (χ2n) is 7.65. The number of benzene rings is 2. The largest absolute Gasteiger partial charge is 0.493 e. The van der Waals surface area contributed by atoms with Crippen molar-refractivity contribution in [2.24, 2.45) is 5.10 Å². The van der Waals surface area contributed by atoms with Crippen molar-refractivity contribution in [3.05, 3.63) is 83.7 Å². The van der Waals surface area contributed by atoms with E-state index in [0.717, 1.165) is 24.1 Å². The van der Waals surface area contributed by atoms with Gasteiger partial charge in [0.15, 0.2) is 11.5 Å². The molecule has 1 N–H and O–H groups in total. The summed E-state index contributed by atoms with van der Waals surface area (Å²) in [5.41, 5.74) is 3.17. The molecule has 0 fully saturated rings. The van der Waals surface area contributed by atoms with Gasteiger partial charge in [0.1, 0.15) is 0 Å². The summed E-state index contributed by atoms with van der Waals surface area (Å²) in [7, 11) is 1.60. The van der Waals surface area contributed by atoms with Gasteiger partial charge in [0.2, 0.25) is 0 Å². The van der Waals surface area contributed by atoms with E-state index >= 15 is 0 Å². The molecule has 4 rings (SSSR count). The monoisotopic (exact) mass is 458 g/mol. The van der Waals surface area contributed by atoms with Gasteiger partial charge in [-0.2, -0.15) is 5.10 Å². The Balaban J connectivity index is 1.53. The number of nitrogens with one attached hydrogen (secondary N) is 1. The third-order valence-electron chi connectivity index (χ3n) is 5.37. The van der Waals surface area contributed by atoms with Gasteiger partial charge in [0, 0.05) is 41.3 Å². The van der Waals surface area contributed by atoms with E-state index in [1.54, 1.807) is 55.9 Å². The molecule has 2 heterocycles. The van der Waals surface area contributed by atoms with E-state index in [9.17, 15) is 9.59 Å². The fourth-order valence-corrected chi connectivity index (χ4v) is 3.70. The number of carbonyl (C=O) groups excluding carboxylic acids is 2. The van der Waals surface area contributed by atoms with Crippen LogP contribution in [-0.4, -0.2) is 47.8 Å². The molecule has 34 heavy (non-hydrogen) atoms. The lowest BCUT2D eigenvalue weighted by atomic mass is 10.0. The summed E-state index contributed by atoms with van der Waals surface area (Å²) in [5, 5.41) is 8.93. The van der Waals surface area contributed by atoms with Gasteiger partial charge in [0.05, 0.1) is 19.4 Å². The molecule has 0 radical (unpaired) electrons. The molecule has 8 heteroatoms. The first kappa shape index (κ1) is 23.0. The molecule has 0 spiro atoms. The molecule has 1 aliphatic heterocycles. The van der Waals surface area contributed by atoms with Crippen LogP contribution in [0.5, 0.6) is 11.5 Å². The maximum Gasteiger partial charge on any atom is 0.274 e. The normalized spacial score (nSPS) is 13.1. The van der Waals surface area contributed by atoms with Gasteiger partial charge >= 0.3 is 0 Å². The molecule has 0 aliphatic carbocycles. The van der Waals surface area contributed by atoms with E-state index in [1.807, 2.05) is 25.1 Å². The van der Waals surface area contributed by atoms with Gasteiger partial charge < -0.3 is 14.8 Å². The minimum absolute atomic E-state index is 0.226. The van der Waals surface area contributed by atoms with E-state index in [4.69, 9.17) is 9.47 Å². The molecule has 174 valence electrons. The van der Waals surface area contributed by atoms with Crippen LogP contribution >= 0.6 is 0 Å². The van der Waals surface area contributed by atoms with Gasteiger partial charge in [-0.3, -0.25) is 14.6 Å². The summed E-state index contributed by atoms with van der Waals surface area (Å²) in [6, 6.07) is 15.8. The molecule has 0 atom stereocenters. The molecule has 3 aromatic rings. The lowest BCUT2D eigenvalue weighted by Crippen LogP contribution is -2.32. The Morgan fingerprint density at radius 1 is 1.03 bits per heavy atom. The summed E-state index contributed by atoms with van der Waals surface area (Å²) in [6.07, 6.45) is 4.66. The zero-order valence-corrected chi connectivity index (χ0v) is 19.2. The number of hydrogen-bond donors (Lipinski definition) is 1. The second kappa shape index (κ2) is 10.6. The van der Waals surface area contributed by atoms with Gasteiger partial charge in [-0.15, -0.1) is 0 Å². The number of anilines is 1. The predicted octanol–water partition coefficient (Wildman–Crippen LogP) is 4.38. The summed E-state index contributed by atoms with van der Waals surface area (Å²) in [5.74, 6) is 0.803. The maximum absolute atomic E-state index is 13.2. The molecule has 1 aliphatic rings. The molecule has 0 unspecified atom stereocenters. The van der Waals surface area contributed by atoms with Crippen molar-refractivity contribution in [3.8, 4) is 11.5 Å². The van der Waals surface area contributed by atoms with E-state index in [2.05, 4.69) is 15.4 Å². The first-order chi connectivity index (χ1) is 16.6. The predicted molar refractivity (Wildman–Crippen MR) is 130 cm³/mol. The standard InChI is InChI=1S/C26H26N4O4/c1-3-34-24-17-19(9-10-23(24)33-2)22-8-5-15-30(29-22)26(32)20-6-4-7-21(16-20)28-25(31)18-11-13-27-14-12-18/h4,6-7,9-14,16-17H,3,5,8,15H2,1-2H3,(H,28,31). The minimum atomic E-state index is -0.269. The average Bonchev–Trinajstić information content (AvgIpc) is 2.89. The Labute approximate surface area is 198 Å². The smallest absolute Gasteiger partial charge is 0.274 e. The molecule has 0 bridgehead atoms. The molecular formula is C26H26N4O4. The average molecular weight is 459 g/mol. The van der Waals surface area contributed by atoms with E-state index in [1.165, 1.54) is 5.01 Å². The van der Waals surface area contributed by atoms with Crippen LogP contribution in [0.25, 0.3) is 0 Å². The van der Waals surface area contributed by atoms with Crippen LogP contribution < -0.4 is 14.8 Å². The van der Waals surface area contributed by atoms with Crippen LogP contribution in [0.15, 0.2) is 72.1 Å². The van der Waals surface area contributed by atoms with Crippen LogP contribution in [0, 0.1) is 0 Å². The number of hydrogen-bond acceptors (Lipinski definition) is 6. The lowest BCUT2D eigenvalue weighted by Gasteiger charge is -2.24. The Bertz CT molecular complexity index is 1210. The number of nitrogens with zero attached hydrogens (tertiary/aromatic N) is 3. The Morgan fingerprint density at radius 2 is 1.85 bits per heavy atom. The Kier molecular flexibility index (Phi) is 7.17.